The van der Waals surface area contributed by atoms with Crippen molar-refractivity contribution in [3.05, 3.63) is 47.0 Å². The maximum absolute atomic E-state index is 14.2. The van der Waals surface area contributed by atoms with Crippen molar-refractivity contribution in [2.75, 3.05) is 21.2 Å². The van der Waals surface area contributed by atoms with Gasteiger partial charge in [0.15, 0.2) is 23.0 Å². The summed E-state index contributed by atoms with van der Waals surface area (Å²) in [6.45, 7) is 6.62. The predicted octanol–water partition coefficient (Wildman–Crippen LogP) is 2.70. The molecule has 10 nitrogen and oxygen atoms in total. The molecule has 3 aliphatic carbocycles. The molecular weight excluding hydrogens is 576 g/mol. The minimum absolute atomic E-state index is 0.0248. The van der Waals surface area contributed by atoms with Gasteiger partial charge in [-0.15, -0.1) is 0 Å². The van der Waals surface area contributed by atoms with E-state index < -0.39 is 64.7 Å². The van der Waals surface area contributed by atoms with Gasteiger partial charge in [-0.2, -0.15) is 0 Å². The number of phenolic OH excluding ortho intramolecular Hbond substituents is 1. The van der Waals surface area contributed by atoms with Crippen LogP contribution in [0.4, 0.5) is 0 Å². The quantitative estimate of drug-likeness (QED) is 0.340. The molecule has 2 saturated carbocycles. The van der Waals surface area contributed by atoms with Crippen LogP contribution in [0, 0.1) is 29.1 Å². The summed E-state index contributed by atoms with van der Waals surface area (Å²) in [6.07, 6.45) is 1.60. The number of Topliss-reactive ketones (excluding diaryl/α,β-unsaturated/α-hetero) is 3. The van der Waals surface area contributed by atoms with Crippen molar-refractivity contribution in [3.8, 4) is 22.6 Å². The standard InChI is InChI=1S/C35H44N2O8/c1-34(2,3)13-7-8-17-9-12-24(45-6)20(14-17)19-10-11-23(38)26-21(19)15-18-16-22-28(37(4)5)30(40)27(33(36)43)32(42)35(22,44)31(41)25(18)29(26)39/h9-12,14,18,22,25,27-28,30,38,40,44H,7-8,13,15-16H2,1-6H3,(H2,36,43)/t18-,22-,25?,27?,28?,30?,35-/m1/s1. The molecule has 0 heterocycles. The number of rotatable bonds is 7. The number of aryl methyl sites for hydroxylation is 1. The van der Waals surface area contributed by atoms with E-state index in [9.17, 15) is 34.5 Å². The Kier molecular flexibility index (Phi) is 8.48. The Bertz CT molecular complexity index is 1560. The number of likely N-dealkylation sites (N-methyl/N-ethyl adjacent to an activating group) is 1. The summed E-state index contributed by atoms with van der Waals surface area (Å²) >= 11 is 0. The molecule has 0 aromatic heterocycles. The number of nitrogens with two attached hydrogens (primary N) is 1. The van der Waals surface area contributed by atoms with Crippen molar-refractivity contribution in [2.45, 2.75) is 70.6 Å². The fraction of sp³-hybridized carbons (Fsp3) is 0.543. The van der Waals surface area contributed by atoms with Crippen LogP contribution in [0.5, 0.6) is 11.5 Å². The third-order valence-corrected chi connectivity index (χ3v) is 10.1. The van der Waals surface area contributed by atoms with Crippen molar-refractivity contribution >= 4 is 23.3 Å². The van der Waals surface area contributed by atoms with Gasteiger partial charge < -0.3 is 30.7 Å². The fourth-order valence-corrected chi connectivity index (χ4v) is 8.02. The first kappa shape index (κ1) is 32.8. The van der Waals surface area contributed by atoms with Crippen LogP contribution in [0.1, 0.15) is 61.5 Å². The number of carbonyl (C=O) groups excluding carboxylic acids is 4. The summed E-state index contributed by atoms with van der Waals surface area (Å²) in [6, 6.07) is 8.15. The van der Waals surface area contributed by atoms with Crippen molar-refractivity contribution in [3.63, 3.8) is 0 Å². The van der Waals surface area contributed by atoms with Crippen molar-refractivity contribution in [1.82, 2.24) is 4.90 Å². The second-order valence-electron chi connectivity index (χ2n) is 14.4. The Balaban J connectivity index is 1.60. The topological polar surface area (TPSA) is 167 Å². The molecule has 4 unspecified atom stereocenters. The van der Waals surface area contributed by atoms with Crippen molar-refractivity contribution < 1.29 is 39.2 Å². The van der Waals surface area contributed by atoms with Gasteiger partial charge in [-0.25, -0.2) is 0 Å². The van der Waals surface area contributed by atoms with E-state index in [0.29, 0.717) is 16.9 Å². The Morgan fingerprint density at radius 3 is 2.38 bits per heavy atom. The summed E-state index contributed by atoms with van der Waals surface area (Å²) < 4.78 is 5.72. The Labute approximate surface area is 263 Å². The van der Waals surface area contributed by atoms with Crippen molar-refractivity contribution in [1.29, 1.82) is 0 Å². The molecule has 5 rings (SSSR count). The van der Waals surface area contributed by atoms with E-state index in [4.69, 9.17) is 10.5 Å². The van der Waals surface area contributed by atoms with Crippen LogP contribution in [0.2, 0.25) is 0 Å². The number of aliphatic hydroxyl groups excluding tert-OH is 1. The highest BCUT2D eigenvalue weighted by molar-refractivity contribution is 6.25. The largest absolute Gasteiger partial charge is 0.507 e. The molecule has 1 amide bonds. The van der Waals surface area contributed by atoms with Gasteiger partial charge in [0, 0.05) is 17.5 Å². The lowest BCUT2D eigenvalue weighted by Gasteiger charge is -2.54. The normalized spacial score (nSPS) is 29.7. The second-order valence-corrected chi connectivity index (χ2v) is 14.4. The lowest BCUT2D eigenvalue weighted by Crippen LogP contribution is -2.75. The second kappa shape index (κ2) is 11.6. The highest BCUT2D eigenvalue weighted by Crippen LogP contribution is 2.53. The first-order valence-electron chi connectivity index (χ1n) is 15.5. The molecule has 0 radical (unpaired) electrons. The van der Waals surface area contributed by atoms with Crippen LogP contribution in [-0.4, -0.2) is 82.4 Å². The molecule has 3 aliphatic rings. The van der Waals surface area contributed by atoms with Gasteiger partial charge in [0.05, 0.1) is 24.7 Å². The van der Waals surface area contributed by atoms with Gasteiger partial charge in [-0.05, 0) is 92.4 Å². The number of primary amides is 1. The SMILES string of the molecule is COc1ccc(CCCC(C)(C)C)cc1-c1ccc(O)c2c1C[C@@H]1C[C@@H]3C(N(C)C)C(O)C(C(N)=O)C(=O)[C@]3(O)C(=O)C1C2=O. The van der Waals surface area contributed by atoms with E-state index in [0.717, 1.165) is 30.4 Å². The molecule has 5 N–H and O–H groups in total. The first-order chi connectivity index (χ1) is 21.0. The molecule has 45 heavy (non-hydrogen) atoms. The maximum Gasteiger partial charge on any atom is 0.230 e. The fourth-order valence-electron chi connectivity index (χ4n) is 8.02. The number of amides is 1. The molecular formula is C35H44N2O8. The number of hydrogen-bond donors (Lipinski definition) is 4. The molecule has 0 spiro atoms. The van der Waals surface area contributed by atoms with Gasteiger partial charge in [-0.3, -0.25) is 19.2 Å². The Hall–Kier alpha value is -3.60. The van der Waals surface area contributed by atoms with Crippen LogP contribution < -0.4 is 10.5 Å². The third-order valence-electron chi connectivity index (χ3n) is 10.1. The molecule has 2 aromatic rings. The molecule has 0 aliphatic heterocycles. The van der Waals surface area contributed by atoms with Gasteiger partial charge in [0.2, 0.25) is 5.91 Å². The number of carbonyl (C=O) groups is 4. The summed E-state index contributed by atoms with van der Waals surface area (Å²) in [5.41, 5.74) is 6.05. The van der Waals surface area contributed by atoms with Gasteiger partial charge in [-0.1, -0.05) is 32.9 Å². The summed E-state index contributed by atoms with van der Waals surface area (Å²) in [7, 11) is 4.81. The van der Waals surface area contributed by atoms with E-state index in [1.54, 1.807) is 32.2 Å². The van der Waals surface area contributed by atoms with E-state index in [1.165, 1.54) is 6.07 Å². The van der Waals surface area contributed by atoms with E-state index >= 15 is 0 Å². The number of nitrogens with zero attached hydrogens (tertiary/aromatic N) is 1. The average Bonchev–Trinajstić information content (AvgIpc) is 2.94. The summed E-state index contributed by atoms with van der Waals surface area (Å²) in [5, 5.41) is 33.9. The Morgan fingerprint density at radius 1 is 1.09 bits per heavy atom. The number of benzene rings is 2. The number of aromatic hydroxyl groups is 1. The monoisotopic (exact) mass is 620 g/mol. The number of ketones is 3. The Morgan fingerprint density at radius 2 is 1.78 bits per heavy atom. The third kappa shape index (κ3) is 5.36. The number of phenols is 1. The first-order valence-corrected chi connectivity index (χ1v) is 15.5. The molecule has 2 aromatic carbocycles. The number of aliphatic hydroxyl groups is 2. The average molecular weight is 621 g/mol. The molecule has 2 fully saturated rings. The maximum atomic E-state index is 14.2. The smallest absolute Gasteiger partial charge is 0.230 e. The van der Waals surface area contributed by atoms with Crippen LogP contribution in [0.15, 0.2) is 30.3 Å². The van der Waals surface area contributed by atoms with Crippen LogP contribution in [0.3, 0.4) is 0 Å². The molecule has 10 heteroatoms. The van der Waals surface area contributed by atoms with E-state index in [-0.39, 0.29) is 29.6 Å². The lowest BCUT2D eigenvalue weighted by atomic mass is 9.52. The zero-order valence-electron chi connectivity index (χ0n) is 26.8. The molecule has 7 atom stereocenters. The highest BCUT2D eigenvalue weighted by Gasteiger charge is 2.69. The van der Waals surface area contributed by atoms with Gasteiger partial charge in [0.25, 0.3) is 0 Å². The lowest BCUT2D eigenvalue weighted by molar-refractivity contribution is -0.190. The minimum atomic E-state index is -2.69. The number of hydrogen-bond acceptors (Lipinski definition) is 9. The number of fused-ring (bicyclic) bond motifs is 3. The summed E-state index contributed by atoms with van der Waals surface area (Å²) in [5.74, 6) is -8.69. The minimum Gasteiger partial charge on any atom is -0.507 e. The van der Waals surface area contributed by atoms with Gasteiger partial charge in [0.1, 0.15) is 17.4 Å². The van der Waals surface area contributed by atoms with E-state index in [2.05, 4.69) is 20.8 Å². The molecule has 0 saturated heterocycles. The van der Waals surface area contributed by atoms with Crippen LogP contribution in [0.25, 0.3) is 11.1 Å². The van der Waals surface area contributed by atoms with Crippen LogP contribution >= 0.6 is 0 Å². The zero-order valence-corrected chi connectivity index (χ0v) is 26.8. The van der Waals surface area contributed by atoms with Crippen LogP contribution in [-0.2, 0) is 27.2 Å². The summed E-state index contributed by atoms with van der Waals surface area (Å²) in [4.78, 5) is 55.7. The highest BCUT2D eigenvalue weighted by atomic mass is 16.5. The van der Waals surface area contributed by atoms with E-state index in [1.807, 2.05) is 18.2 Å². The molecule has 242 valence electrons. The zero-order chi connectivity index (χ0) is 33.2. The van der Waals surface area contributed by atoms with Gasteiger partial charge >= 0.3 is 0 Å². The number of methoxy groups -OCH3 is 1. The van der Waals surface area contributed by atoms with Crippen molar-refractivity contribution in [2.24, 2.45) is 34.8 Å². The number of ether oxygens (including phenoxy) is 1. The molecule has 0 bridgehead atoms. The predicted molar refractivity (Wildman–Crippen MR) is 167 cm³/mol.